The van der Waals surface area contributed by atoms with Gasteiger partial charge in [-0.25, -0.2) is 0 Å². The van der Waals surface area contributed by atoms with Crippen molar-refractivity contribution >= 4 is 0 Å². The highest BCUT2D eigenvalue weighted by Crippen LogP contribution is 2.26. The number of aliphatic hydroxyl groups is 1. The summed E-state index contributed by atoms with van der Waals surface area (Å²) in [5.41, 5.74) is -0.0199. The largest absolute Gasteiger partial charge is 0.393 e. The average molecular weight is 241 g/mol. The molecule has 0 aromatic heterocycles. The first-order valence-electron chi connectivity index (χ1n) is 7.11. The van der Waals surface area contributed by atoms with Gasteiger partial charge in [0, 0.05) is 19.6 Å². The molecule has 100 valence electrons. The highest BCUT2D eigenvalue weighted by molar-refractivity contribution is 4.83. The second kappa shape index (κ2) is 5.68. The lowest BCUT2D eigenvalue weighted by atomic mass is 9.95. The first-order chi connectivity index (χ1) is 8.07. The van der Waals surface area contributed by atoms with Gasteiger partial charge in [0.25, 0.3) is 0 Å². The Morgan fingerprint density at radius 1 is 1.24 bits per heavy atom. The van der Waals surface area contributed by atoms with Crippen molar-refractivity contribution < 1.29 is 9.84 Å². The van der Waals surface area contributed by atoms with Gasteiger partial charge in [-0.2, -0.15) is 0 Å². The fourth-order valence-corrected chi connectivity index (χ4v) is 3.18. The summed E-state index contributed by atoms with van der Waals surface area (Å²) < 4.78 is 5.73. The van der Waals surface area contributed by atoms with Crippen LogP contribution in [0.25, 0.3) is 0 Å². The van der Waals surface area contributed by atoms with Crippen LogP contribution in [0.2, 0.25) is 0 Å². The number of morpholine rings is 1. The number of hydrogen-bond donors (Lipinski definition) is 1. The van der Waals surface area contributed by atoms with E-state index in [0.29, 0.717) is 5.92 Å². The maximum absolute atomic E-state index is 10.2. The lowest BCUT2D eigenvalue weighted by Crippen LogP contribution is -2.50. The lowest BCUT2D eigenvalue weighted by molar-refractivity contribution is -0.0930. The Bertz CT molecular complexity index is 242. The molecule has 3 nitrogen and oxygen atoms in total. The van der Waals surface area contributed by atoms with E-state index in [1.165, 1.54) is 25.7 Å². The van der Waals surface area contributed by atoms with Gasteiger partial charge in [-0.1, -0.05) is 19.3 Å². The Balaban J connectivity index is 1.86. The quantitative estimate of drug-likeness (QED) is 0.751. The van der Waals surface area contributed by atoms with Crippen molar-refractivity contribution in [1.82, 2.24) is 4.90 Å². The monoisotopic (exact) mass is 241 g/mol. The molecule has 1 heterocycles. The molecule has 0 radical (unpaired) electrons. The predicted octanol–water partition coefficient (Wildman–Crippen LogP) is 2.04. The molecule has 2 fully saturated rings. The minimum atomic E-state index is -0.0801. The van der Waals surface area contributed by atoms with Crippen molar-refractivity contribution in [2.75, 3.05) is 26.2 Å². The molecule has 0 spiro atoms. The molecule has 1 saturated heterocycles. The summed E-state index contributed by atoms with van der Waals surface area (Å²) in [4.78, 5) is 2.47. The summed E-state index contributed by atoms with van der Waals surface area (Å²) in [7, 11) is 0. The molecule has 1 aliphatic heterocycles. The molecule has 0 aromatic carbocycles. The van der Waals surface area contributed by atoms with E-state index < -0.39 is 0 Å². The average Bonchev–Trinajstić information content (AvgIpc) is 2.43. The Labute approximate surface area is 105 Å². The van der Waals surface area contributed by atoms with E-state index in [4.69, 9.17) is 4.74 Å². The molecule has 0 amide bonds. The summed E-state index contributed by atoms with van der Waals surface area (Å²) >= 11 is 0. The van der Waals surface area contributed by atoms with Crippen molar-refractivity contribution in [2.24, 2.45) is 5.92 Å². The zero-order valence-corrected chi connectivity index (χ0v) is 11.3. The van der Waals surface area contributed by atoms with E-state index >= 15 is 0 Å². The second-order valence-electron chi connectivity index (χ2n) is 6.31. The molecule has 3 heteroatoms. The lowest BCUT2D eigenvalue weighted by Gasteiger charge is -2.40. The molecule has 2 rings (SSSR count). The van der Waals surface area contributed by atoms with Gasteiger partial charge >= 0.3 is 0 Å². The van der Waals surface area contributed by atoms with Crippen LogP contribution in [0.4, 0.5) is 0 Å². The standard InChI is InChI=1S/C14H27NO2/c1-14(2)11-15(8-9-17-14)10-12-6-4-3-5-7-13(12)16/h12-13,16H,3-11H2,1-2H3. The first-order valence-corrected chi connectivity index (χ1v) is 7.11. The van der Waals surface area contributed by atoms with Crippen LogP contribution in [0.1, 0.15) is 46.0 Å². The summed E-state index contributed by atoms with van der Waals surface area (Å²) in [5.74, 6) is 0.478. The van der Waals surface area contributed by atoms with Gasteiger partial charge in [-0.05, 0) is 32.6 Å². The Hall–Kier alpha value is -0.120. The predicted molar refractivity (Wildman–Crippen MR) is 69.1 cm³/mol. The molecular weight excluding hydrogens is 214 g/mol. The third kappa shape index (κ3) is 3.94. The van der Waals surface area contributed by atoms with Crippen molar-refractivity contribution in [3.8, 4) is 0 Å². The fraction of sp³-hybridized carbons (Fsp3) is 1.00. The third-order valence-corrected chi connectivity index (χ3v) is 4.12. The zero-order valence-electron chi connectivity index (χ0n) is 11.3. The van der Waals surface area contributed by atoms with Gasteiger partial charge in [0.1, 0.15) is 0 Å². The molecular formula is C14H27NO2. The highest BCUT2D eigenvalue weighted by atomic mass is 16.5. The van der Waals surface area contributed by atoms with Crippen LogP contribution in [0.3, 0.4) is 0 Å². The molecule has 1 aliphatic carbocycles. The Morgan fingerprint density at radius 3 is 2.76 bits per heavy atom. The van der Waals surface area contributed by atoms with Crippen LogP contribution in [0, 0.1) is 5.92 Å². The SMILES string of the molecule is CC1(C)CN(CC2CCCCCC2O)CCO1. The Morgan fingerprint density at radius 2 is 2.00 bits per heavy atom. The van der Waals surface area contributed by atoms with E-state index in [-0.39, 0.29) is 11.7 Å². The zero-order chi connectivity index (χ0) is 12.3. The topological polar surface area (TPSA) is 32.7 Å². The summed E-state index contributed by atoms with van der Waals surface area (Å²) in [6.45, 7) is 8.21. The molecule has 0 bridgehead atoms. The number of ether oxygens (including phenoxy) is 1. The maximum Gasteiger partial charge on any atom is 0.0753 e. The van der Waals surface area contributed by atoms with Crippen LogP contribution < -0.4 is 0 Å². The summed E-state index contributed by atoms with van der Waals surface area (Å²) in [5, 5.41) is 10.2. The van der Waals surface area contributed by atoms with Crippen LogP contribution in [0.5, 0.6) is 0 Å². The van der Waals surface area contributed by atoms with Gasteiger partial charge < -0.3 is 9.84 Å². The minimum Gasteiger partial charge on any atom is -0.393 e. The molecule has 2 atom stereocenters. The van der Waals surface area contributed by atoms with Gasteiger partial charge in [-0.15, -0.1) is 0 Å². The fourth-order valence-electron chi connectivity index (χ4n) is 3.18. The van der Waals surface area contributed by atoms with Crippen LogP contribution >= 0.6 is 0 Å². The molecule has 0 aromatic rings. The summed E-state index contributed by atoms with van der Waals surface area (Å²) in [6.07, 6.45) is 5.89. The number of hydrogen-bond acceptors (Lipinski definition) is 3. The van der Waals surface area contributed by atoms with Crippen molar-refractivity contribution in [3.05, 3.63) is 0 Å². The molecule has 17 heavy (non-hydrogen) atoms. The van der Waals surface area contributed by atoms with E-state index in [9.17, 15) is 5.11 Å². The van der Waals surface area contributed by atoms with Crippen molar-refractivity contribution in [3.63, 3.8) is 0 Å². The van der Waals surface area contributed by atoms with E-state index in [2.05, 4.69) is 18.7 Å². The normalized spacial score (nSPS) is 35.5. The summed E-state index contributed by atoms with van der Waals surface area (Å²) in [6, 6.07) is 0. The smallest absolute Gasteiger partial charge is 0.0753 e. The second-order valence-corrected chi connectivity index (χ2v) is 6.31. The highest BCUT2D eigenvalue weighted by Gasteiger charge is 2.30. The van der Waals surface area contributed by atoms with Crippen molar-refractivity contribution in [2.45, 2.75) is 57.7 Å². The Kier molecular flexibility index (Phi) is 4.45. The van der Waals surface area contributed by atoms with E-state index in [1.807, 2.05) is 0 Å². The van der Waals surface area contributed by atoms with Gasteiger partial charge in [-0.3, -0.25) is 4.90 Å². The number of rotatable bonds is 2. The van der Waals surface area contributed by atoms with Crippen LogP contribution in [-0.4, -0.2) is 48.0 Å². The van der Waals surface area contributed by atoms with Crippen LogP contribution in [0.15, 0.2) is 0 Å². The van der Waals surface area contributed by atoms with Gasteiger partial charge in [0.15, 0.2) is 0 Å². The van der Waals surface area contributed by atoms with Gasteiger partial charge in [0.05, 0.1) is 18.3 Å². The van der Waals surface area contributed by atoms with E-state index in [1.54, 1.807) is 0 Å². The molecule has 1 saturated carbocycles. The molecule has 2 aliphatic rings. The number of nitrogens with zero attached hydrogens (tertiary/aromatic N) is 1. The maximum atomic E-state index is 10.2. The van der Waals surface area contributed by atoms with Crippen molar-refractivity contribution in [1.29, 1.82) is 0 Å². The molecule has 1 N–H and O–H groups in total. The van der Waals surface area contributed by atoms with Crippen LogP contribution in [-0.2, 0) is 4.74 Å². The first kappa shape index (κ1) is 13.3. The minimum absolute atomic E-state index is 0.0199. The molecule has 2 unspecified atom stereocenters. The van der Waals surface area contributed by atoms with Gasteiger partial charge in [0.2, 0.25) is 0 Å². The third-order valence-electron chi connectivity index (χ3n) is 4.12. The van der Waals surface area contributed by atoms with E-state index in [0.717, 1.165) is 32.7 Å². The number of aliphatic hydroxyl groups excluding tert-OH is 1.